The van der Waals surface area contributed by atoms with Crippen LogP contribution in [0.25, 0.3) is 0 Å². The number of rotatable bonds is 8. The average molecular weight is 257 g/mol. The molecule has 1 N–H and O–H groups in total. The van der Waals surface area contributed by atoms with Crippen LogP contribution in [0.4, 0.5) is 0 Å². The molecule has 18 heavy (non-hydrogen) atoms. The van der Waals surface area contributed by atoms with Gasteiger partial charge in [-0.25, -0.2) is 0 Å². The summed E-state index contributed by atoms with van der Waals surface area (Å²) in [5.74, 6) is 0.792. The van der Waals surface area contributed by atoms with Gasteiger partial charge in [-0.2, -0.15) is 0 Å². The number of nitrogens with one attached hydrogen (secondary N) is 1. The zero-order valence-corrected chi connectivity index (χ0v) is 12.6. The van der Waals surface area contributed by atoms with Crippen molar-refractivity contribution in [1.29, 1.82) is 0 Å². The van der Waals surface area contributed by atoms with E-state index in [2.05, 4.69) is 33.1 Å². The molecule has 0 radical (unpaired) electrons. The minimum Gasteiger partial charge on any atom is -0.381 e. The molecule has 0 aromatic heterocycles. The van der Waals surface area contributed by atoms with Gasteiger partial charge in [-0.1, -0.05) is 26.7 Å². The van der Waals surface area contributed by atoms with Crippen LogP contribution in [0.1, 0.15) is 52.9 Å². The summed E-state index contributed by atoms with van der Waals surface area (Å²) in [5.41, 5.74) is -0.00126. The predicted octanol–water partition coefficient (Wildman–Crippen LogP) is 2.99. The minimum atomic E-state index is -0.00126. The van der Waals surface area contributed by atoms with Crippen molar-refractivity contribution in [3.8, 4) is 0 Å². The number of likely N-dealkylation sites (N-methyl/N-ethyl adjacent to an activating group) is 1. The van der Waals surface area contributed by atoms with Gasteiger partial charge in [0.25, 0.3) is 0 Å². The van der Waals surface area contributed by atoms with Gasteiger partial charge >= 0.3 is 0 Å². The van der Waals surface area contributed by atoms with E-state index in [0.717, 1.165) is 38.6 Å². The Balaban J connectivity index is 2.56. The summed E-state index contributed by atoms with van der Waals surface area (Å²) >= 11 is 0. The smallest absolute Gasteiger partial charge is 0.0878 e. The van der Waals surface area contributed by atoms with Gasteiger partial charge in [-0.15, -0.1) is 0 Å². The monoisotopic (exact) mass is 257 g/mol. The highest BCUT2D eigenvalue weighted by Crippen LogP contribution is 2.31. The lowest BCUT2D eigenvalue weighted by molar-refractivity contribution is -0.127. The van der Waals surface area contributed by atoms with Crippen LogP contribution in [0.5, 0.6) is 0 Å². The highest BCUT2D eigenvalue weighted by Gasteiger charge is 2.40. The number of ether oxygens (including phenoxy) is 2. The Bertz CT molecular complexity index is 207. The number of hydrogen-bond donors (Lipinski definition) is 1. The first-order valence-corrected chi connectivity index (χ1v) is 7.53. The molecular formula is C15H31NO2. The van der Waals surface area contributed by atoms with Gasteiger partial charge in [0.1, 0.15) is 0 Å². The Hall–Kier alpha value is -0.120. The van der Waals surface area contributed by atoms with Gasteiger partial charge in [0.15, 0.2) is 0 Å². The Morgan fingerprint density at radius 1 is 1.22 bits per heavy atom. The third-order valence-electron chi connectivity index (χ3n) is 4.03. The standard InChI is InChI=1S/C15H31NO2/c1-5-18-15(9-11-17-12-10-15)14(16-4)8-6-7-13(2)3/h13-14,16H,5-12H2,1-4H3. The second-order valence-electron chi connectivity index (χ2n) is 5.78. The van der Waals surface area contributed by atoms with Crippen molar-refractivity contribution >= 4 is 0 Å². The highest BCUT2D eigenvalue weighted by molar-refractivity contribution is 4.94. The third-order valence-corrected chi connectivity index (χ3v) is 4.03. The molecule has 1 fully saturated rings. The fourth-order valence-electron chi connectivity index (χ4n) is 3.00. The van der Waals surface area contributed by atoms with Crippen molar-refractivity contribution in [2.45, 2.75) is 64.5 Å². The van der Waals surface area contributed by atoms with E-state index in [1.54, 1.807) is 0 Å². The molecule has 3 nitrogen and oxygen atoms in total. The third kappa shape index (κ3) is 4.52. The molecule has 1 saturated heterocycles. The summed E-state index contributed by atoms with van der Waals surface area (Å²) in [6.45, 7) is 9.15. The molecule has 1 atom stereocenters. The Morgan fingerprint density at radius 2 is 1.89 bits per heavy atom. The lowest BCUT2D eigenvalue weighted by Crippen LogP contribution is -2.54. The van der Waals surface area contributed by atoms with Crippen LogP contribution >= 0.6 is 0 Å². The Kier molecular flexibility index (Phi) is 7.20. The molecule has 0 amide bonds. The number of hydrogen-bond acceptors (Lipinski definition) is 3. The fourth-order valence-corrected chi connectivity index (χ4v) is 3.00. The van der Waals surface area contributed by atoms with E-state index < -0.39 is 0 Å². The van der Waals surface area contributed by atoms with Crippen LogP contribution in [0.3, 0.4) is 0 Å². The first-order valence-electron chi connectivity index (χ1n) is 7.53. The van der Waals surface area contributed by atoms with E-state index in [1.807, 2.05) is 0 Å². The molecule has 0 spiro atoms. The van der Waals surface area contributed by atoms with Crippen molar-refractivity contribution in [1.82, 2.24) is 5.32 Å². The lowest BCUT2D eigenvalue weighted by Gasteiger charge is -2.43. The first kappa shape index (κ1) is 15.9. The van der Waals surface area contributed by atoms with E-state index in [-0.39, 0.29) is 5.60 Å². The minimum absolute atomic E-state index is 0.00126. The molecular weight excluding hydrogens is 226 g/mol. The maximum absolute atomic E-state index is 6.14. The first-order chi connectivity index (χ1) is 8.64. The quantitative estimate of drug-likeness (QED) is 0.725. The van der Waals surface area contributed by atoms with E-state index in [9.17, 15) is 0 Å². The molecule has 0 saturated carbocycles. The summed E-state index contributed by atoms with van der Waals surface area (Å²) in [6, 6.07) is 0.458. The van der Waals surface area contributed by atoms with Gasteiger partial charge in [-0.05, 0) is 26.3 Å². The summed E-state index contributed by atoms with van der Waals surface area (Å²) < 4.78 is 11.6. The van der Waals surface area contributed by atoms with Crippen molar-refractivity contribution in [3.63, 3.8) is 0 Å². The second kappa shape index (κ2) is 8.13. The molecule has 3 heteroatoms. The highest BCUT2D eigenvalue weighted by atomic mass is 16.5. The van der Waals surface area contributed by atoms with E-state index >= 15 is 0 Å². The zero-order valence-electron chi connectivity index (χ0n) is 12.6. The van der Waals surface area contributed by atoms with E-state index in [0.29, 0.717) is 6.04 Å². The largest absolute Gasteiger partial charge is 0.381 e. The lowest BCUT2D eigenvalue weighted by atomic mass is 9.83. The van der Waals surface area contributed by atoms with Crippen LogP contribution in [0.2, 0.25) is 0 Å². The van der Waals surface area contributed by atoms with Crippen LogP contribution in [0.15, 0.2) is 0 Å². The normalized spacial score (nSPS) is 21.2. The van der Waals surface area contributed by atoms with Crippen molar-refractivity contribution in [2.24, 2.45) is 5.92 Å². The topological polar surface area (TPSA) is 30.5 Å². The molecule has 0 bridgehead atoms. The van der Waals surface area contributed by atoms with Crippen LogP contribution < -0.4 is 5.32 Å². The van der Waals surface area contributed by atoms with Gasteiger partial charge < -0.3 is 14.8 Å². The Labute approximate surface area is 113 Å². The van der Waals surface area contributed by atoms with Gasteiger partial charge in [0.2, 0.25) is 0 Å². The maximum atomic E-state index is 6.14. The van der Waals surface area contributed by atoms with Crippen molar-refractivity contribution in [3.05, 3.63) is 0 Å². The van der Waals surface area contributed by atoms with Gasteiger partial charge in [0.05, 0.1) is 5.60 Å². The van der Waals surface area contributed by atoms with Crippen molar-refractivity contribution < 1.29 is 9.47 Å². The summed E-state index contributed by atoms with van der Waals surface area (Å²) in [5, 5.41) is 3.49. The second-order valence-corrected chi connectivity index (χ2v) is 5.78. The van der Waals surface area contributed by atoms with E-state index in [4.69, 9.17) is 9.47 Å². The molecule has 1 aliphatic rings. The molecule has 1 rings (SSSR count). The molecule has 1 heterocycles. The molecule has 0 aliphatic carbocycles. The SMILES string of the molecule is CCOC1(C(CCCC(C)C)NC)CCOCC1. The van der Waals surface area contributed by atoms with Crippen LogP contribution in [-0.4, -0.2) is 38.5 Å². The van der Waals surface area contributed by atoms with Crippen molar-refractivity contribution in [2.75, 3.05) is 26.9 Å². The maximum Gasteiger partial charge on any atom is 0.0878 e. The molecule has 1 aliphatic heterocycles. The molecule has 1 unspecified atom stereocenters. The van der Waals surface area contributed by atoms with Crippen LogP contribution in [-0.2, 0) is 9.47 Å². The van der Waals surface area contributed by atoms with Crippen LogP contribution in [0, 0.1) is 5.92 Å². The molecule has 108 valence electrons. The zero-order chi connectivity index (χ0) is 13.4. The average Bonchev–Trinajstić information content (AvgIpc) is 2.35. The van der Waals surface area contributed by atoms with Gasteiger partial charge in [0, 0.05) is 38.7 Å². The summed E-state index contributed by atoms with van der Waals surface area (Å²) in [4.78, 5) is 0. The summed E-state index contributed by atoms with van der Waals surface area (Å²) in [7, 11) is 2.07. The predicted molar refractivity (Wildman–Crippen MR) is 75.9 cm³/mol. The van der Waals surface area contributed by atoms with Gasteiger partial charge in [-0.3, -0.25) is 0 Å². The van der Waals surface area contributed by atoms with E-state index in [1.165, 1.54) is 19.3 Å². The molecule has 0 aromatic carbocycles. The molecule has 0 aromatic rings. The fraction of sp³-hybridized carbons (Fsp3) is 1.00. The Morgan fingerprint density at radius 3 is 2.39 bits per heavy atom. The summed E-state index contributed by atoms with van der Waals surface area (Å²) in [6.07, 6.45) is 5.83.